The van der Waals surface area contributed by atoms with Gasteiger partial charge in [-0.2, -0.15) is 5.10 Å². The van der Waals surface area contributed by atoms with E-state index in [-0.39, 0.29) is 11.9 Å². The second kappa shape index (κ2) is 8.29. The molecular formula is C23H24ClN3O2. The number of aromatic nitrogens is 2. The fourth-order valence-electron chi connectivity index (χ4n) is 3.60. The maximum atomic E-state index is 13.1. The predicted molar refractivity (Wildman–Crippen MR) is 113 cm³/mol. The minimum Gasteiger partial charge on any atom is -0.497 e. The van der Waals surface area contributed by atoms with Gasteiger partial charge in [-0.1, -0.05) is 54.1 Å². The van der Waals surface area contributed by atoms with Crippen LogP contribution in [-0.4, -0.2) is 22.8 Å². The summed E-state index contributed by atoms with van der Waals surface area (Å²) in [6.07, 6.45) is 2.22. The molecule has 0 bridgehead atoms. The molecule has 1 fully saturated rings. The van der Waals surface area contributed by atoms with Crippen molar-refractivity contribution >= 4 is 17.5 Å². The van der Waals surface area contributed by atoms with Crippen molar-refractivity contribution in [1.29, 1.82) is 0 Å². The highest BCUT2D eigenvalue weighted by molar-refractivity contribution is 6.33. The fourth-order valence-corrected chi connectivity index (χ4v) is 3.92. The second-order valence-electron chi connectivity index (χ2n) is 7.46. The molecule has 2 aromatic carbocycles. The van der Waals surface area contributed by atoms with Crippen LogP contribution in [0.15, 0.2) is 54.6 Å². The molecule has 4 rings (SSSR count). The van der Waals surface area contributed by atoms with Crippen LogP contribution in [-0.2, 0) is 6.54 Å². The van der Waals surface area contributed by atoms with Crippen molar-refractivity contribution in [3.63, 3.8) is 0 Å². The van der Waals surface area contributed by atoms with Crippen LogP contribution in [0.3, 0.4) is 0 Å². The van der Waals surface area contributed by atoms with Crippen LogP contribution in [0.1, 0.15) is 46.1 Å². The first-order valence-corrected chi connectivity index (χ1v) is 10.2. The number of aryl methyl sites for hydroxylation is 1. The Hall–Kier alpha value is -2.79. The summed E-state index contributed by atoms with van der Waals surface area (Å²) in [5.41, 5.74) is 3.24. The molecule has 1 saturated carbocycles. The first-order valence-electron chi connectivity index (χ1n) is 9.78. The second-order valence-corrected chi connectivity index (χ2v) is 7.81. The molecule has 29 heavy (non-hydrogen) atoms. The summed E-state index contributed by atoms with van der Waals surface area (Å²) in [7, 11) is 1.65. The third kappa shape index (κ3) is 4.30. The highest BCUT2D eigenvalue weighted by Gasteiger charge is 2.34. The lowest BCUT2D eigenvalue weighted by molar-refractivity contribution is 0.0931. The van der Waals surface area contributed by atoms with Gasteiger partial charge < -0.3 is 10.1 Å². The van der Waals surface area contributed by atoms with Crippen molar-refractivity contribution in [2.45, 2.75) is 32.4 Å². The zero-order chi connectivity index (χ0) is 20.4. The molecule has 5 nitrogen and oxygen atoms in total. The lowest BCUT2D eigenvalue weighted by Gasteiger charge is -2.19. The maximum Gasteiger partial charge on any atom is 0.256 e. The van der Waals surface area contributed by atoms with Crippen LogP contribution < -0.4 is 10.1 Å². The van der Waals surface area contributed by atoms with Gasteiger partial charge >= 0.3 is 0 Å². The van der Waals surface area contributed by atoms with Gasteiger partial charge in [0.05, 0.1) is 31.0 Å². The quantitative estimate of drug-likeness (QED) is 0.610. The molecule has 1 N–H and O–H groups in total. The largest absolute Gasteiger partial charge is 0.497 e. The summed E-state index contributed by atoms with van der Waals surface area (Å²) < 4.78 is 6.92. The van der Waals surface area contributed by atoms with E-state index in [1.165, 1.54) is 0 Å². The zero-order valence-electron chi connectivity index (χ0n) is 16.6. The summed E-state index contributed by atoms with van der Waals surface area (Å²) in [6, 6.07) is 17.8. The van der Waals surface area contributed by atoms with E-state index in [9.17, 15) is 4.79 Å². The normalized spacial score (nSPS) is 14.4. The molecule has 1 atom stereocenters. The number of carbonyl (C=O) groups is 1. The van der Waals surface area contributed by atoms with Gasteiger partial charge in [0.25, 0.3) is 5.91 Å². The van der Waals surface area contributed by atoms with E-state index in [0.717, 1.165) is 29.7 Å². The molecule has 0 radical (unpaired) electrons. The van der Waals surface area contributed by atoms with E-state index in [4.69, 9.17) is 16.3 Å². The Morgan fingerprint density at radius 1 is 1.21 bits per heavy atom. The monoisotopic (exact) mass is 409 g/mol. The summed E-state index contributed by atoms with van der Waals surface area (Å²) in [6.45, 7) is 2.35. The van der Waals surface area contributed by atoms with E-state index in [1.54, 1.807) is 11.8 Å². The first-order chi connectivity index (χ1) is 14.1. The maximum absolute atomic E-state index is 13.1. The van der Waals surface area contributed by atoms with Gasteiger partial charge in [-0.25, -0.2) is 4.68 Å². The van der Waals surface area contributed by atoms with Crippen LogP contribution in [0.5, 0.6) is 5.75 Å². The number of benzene rings is 2. The van der Waals surface area contributed by atoms with Crippen LogP contribution in [0.2, 0.25) is 5.15 Å². The van der Waals surface area contributed by atoms with Crippen LogP contribution in [0, 0.1) is 12.8 Å². The Bertz CT molecular complexity index is 995. The van der Waals surface area contributed by atoms with Crippen molar-refractivity contribution in [1.82, 2.24) is 15.1 Å². The van der Waals surface area contributed by atoms with E-state index < -0.39 is 0 Å². The molecule has 1 aliphatic carbocycles. The van der Waals surface area contributed by atoms with Gasteiger partial charge in [-0.3, -0.25) is 4.79 Å². The van der Waals surface area contributed by atoms with Gasteiger partial charge in [0.2, 0.25) is 0 Å². The number of nitrogens with zero attached hydrogens (tertiary/aromatic N) is 2. The average Bonchev–Trinajstić information content (AvgIpc) is 3.53. The van der Waals surface area contributed by atoms with E-state index in [2.05, 4.69) is 10.4 Å². The minimum absolute atomic E-state index is 0.0404. The number of hydrogen-bond donors (Lipinski definition) is 1. The molecular weight excluding hydrogens is 386 g/mol. The third-order valence-corrected chi connectivity index (χ3v) is 5.71. The highest BCUT2D eigenvalue weighted by atomic mass is 35.5. The van der Waals surface area contributed by atoms with E-state index in [1.807, 2.05) is 61.5 Å². The topological polar surface area (TPSA) is 56.1 Å². The van der Waals surface area contributed by atoms with Gasteiger partial charge in [0, 0.05) is 0 Å². The van der Waals surface area contributed by atoms with E-state index >= 15 is 0 Å². The van der Waals surface area contributed by atoms with Crippen molar-refractivity contribution < 1.29 is 9.53 Å². The number of carbonyl (C=O) groups excluding carboxylic acids is 1. The van der Waals surface area contributed by atoms with Crippen molar-refractivity contribution in [3.05, 3.63) is 82.1 Å². The van der Waals surface area contributed by atoms with E-state index in [0.29, 0.717) is 28.9 Å². The molecule has 3 aromatic rings. The summed E-state index contributed by atoms with van der Waals surface area (Å²) in [4.78, 5) is 13.1. The summed E-state index contributed by atoms with van der Waals surface area (Å²) >= 11 is 6.56. The number of methoxy groups -OCH3 is 1. The molecule has 1 amide bonds. The molecule has 1 aliphatic rings. The lowest BCUT2D eigenvalue weighted by atomic mass is 10.0. The van der Waals surface area contributed by atoms with Crippen molar-refractivity contribution in [2.24, 2.45) is 5.92 Å². The predicted octanol–water partition coefficient (Wildman–Crippen LogP) is 4.78. The Morgan fingerprint density at radius 2 is 1.90 bits per heavy atom. The third-order valence-electron chi connectivity index (χ3n) is 5.32. The number of rotatable bonds is 7. The number of hydrogen-bond acceptors (Lipinski definition) is 3. The molecule has 6 heteroatoms. The van der Waals surface area contributed by atoms with Gasteiger partial charge in [0.15, 0.2) is 0 Å². The number of halogens is 1. The Morgan fingerprint density at radius 3 is 2.52 bits per heavy atom. The lowest BCUT2D eigenvalue weighted by Crippen LogP contribution is -2.30. The Labute approximate surface area is 175 Å². The summed E-state index contributed by atoms with van der Waals surface area (Å²) in [5.74, 6) is 1.07. The van der Waals surface area contributed by atoms with Crippen LogP contribution in [0.4, 0.5) is 0 Å². The van der Waals surface area contributed by atoms with Crippen LogP contribution in [0.25, 0.3) is 0 Å². The number of ether oxygens (including phenoxy) is 1. The Kier molecular flexibility index (Phi) is 5.58. The molecule has 1 unspecified atom stereocenters. The molecule has 0 saturated heterocycles. The number of nitrogens with one attached hydrogen (secondary N) is 1. The SMILES string of the molecule is COc1ccc(C(NC(=O)c2c(C)nn(Cc3ccccc3)c2Cl)C2CC2)cc1. The van der Waals surface area contributed by atoms with Gasteiger partial charge in [0.1, 0.15) is 10.9 Å². The molecule has 150 valence electrons. The van der Waals surface area contributed by atoms with Gasteiger partial charge in [-0.15, -0.1) is 0 Å². The highest BCUT2D eigenvalue weighted by Crippen LogP contribution is 2.41. The summed E-state index contributed by atoms with van der Waals surface area (Å²) in [5, 5.41) is 8.06. The van der Waals surface area contributed by atoms with Crippen molar-refractivity contribution in [2.75, 3.05) is 7.11 Å². The van der Waals surface area contributed by atoms with Crippen LogP contribution >= 0.6 is 11.6 Å². The smallest absolute Gasteiger partial charge is 0.256 e. The number of amides is 1. The minimum atomic E-state index is -0.181. The molecule has 0 spiro atoms. The standard InChI is InChI=1S/C23H24ClN3O2/c1-15-20(22(24)27(26-15)14-16-6-4-3-5-7-16)23(28)25-21(17-8-9-17)18-10-12-19(29-2)13-11-18/h3-7,10-13,17,21H,8-9,14H2,1-2H3,(H,25,28). The molecule has 1 aromatic heterocycles. The first kappa shape index (κ1) is 19.5. The molecule has 0 aliphatic heterocycles. The zero-order valence-corrected chi connectivity index (χ0v) is 17.3. The average molecular weight is 410 g/mol. The van der Waals surface area contributed by atoms with Gasteiger partial charge in [-0.05, 0) is 48.9 Å². The van der Waals surface area contributed by atoms with Crippen molar-refractivity contribution in [3.8, 4) is 5.75 Å². The fraction of sp³-hybridized carbons (Fsp3) is 0.304. The molecule has 1 heterocycles. The Balaban J connectivity index is 1.55.